The number of piperidine rings is 1. The van der Waals surface area contributed by atoms with Crippen molar-refractivity contribution in [1.82, 2.24) is 4.90 Å². The summed E-state index contributed by atoms with van der Waals surface area (Å²) in [7, 11) is -1.32. The molecule has 0 spiro atoms. The van der Waals surface area contributed by atoms with Crippen LogP contribution >= 0.6 is 0 Å². The predicted octanol–water partition coefficient (Wildman–Crippen LogP) is 1.17. The Morgan fingerprint density at radius 3 is 2.42 bits per heavy atom. The van der Waals surface area contributed by atoms with Crippen molar-refractivity contribution < 1.29 is 19.9 Å². The molecule has 2 rings (SSSR count). The Morgan fingerprint density at radius 1 is 1.25 bits per heavy atom. The Labute approximate surface area is 145 Å². The zero-order valence-corrected chi connectivity index (χ0v) is 15.1. The highest BCUT2D eigenvalue weighted by Crippen LogP contribution is 2.39. The molecule has 5 N–H and O–H groups in total. The molecule has 0 aromatic rings. The molecule has 0 bridgehead atoms. The maximum atomic E-state index is 11.9. The van der Waals surface area contributed by atoms with Gasteiger partial charge in [0.05, 0.1) is 0 Å². The summed E-state index contributed by atoms with van der Waals surface area (Å²) in [6.45, 7) is 7.36. The quantitative estimate of drug-likeness (QED) is 0.541. The van der Waals surface area contributed by atoms with Gasteiger partial charge in [0, 0.05) is 12.5 Å². The molecule has 1 heterocycles. The summed E-state index contributed by atoms with van der Waals surface area (Å²) < 4.78 is 0. The van der Waals surface area contributed by atoms with E-state index in [9.17, 15) is 9.90 Å². The van der Waals surface area contributed by atoms with Gasteiger partial charge in [-0.2, -0.15) is 0 Å². The number of carboxylic acids is 1. The fourth-order valence-corrected chi connectivity index (χ4v) is 4.24. The van der Waals surface area contributed by atoms with Crippen LogP contribution in [0.3, 0.4) is 0 Å². The zero-order valence-electron chi connectivity index (χ0n) is 15.1. The van der Waals surface area contributed by atoms with Gasteiger partial charge in [0.1, 0.15) is 5.54 Å². The van der Waals surface area contributed by atoms with Crippen LogP contribution in [0.4, 0.5) is 0 Å². The van der Waals surface area contributed by atoms with Crippen LogP contribution in [0, 0.1) is 17.3 Å². The monoisotopic (exact) mass is 340 g/mol. The molecule has 1 aliphatic heterocycles. The molecular formula is C17H33BN2O4. The van der Waals surface area contributed by atoms with Crippen LogP contribution in [0.5, 0.6) is 0 Å². The zero-order chi connectivity index (χ0) is 18.0. The van der Waals surface area contributed by atoms with Gasteiger partial charge in [0.15, 0.2) is 0 Å². The molecule has 3 atom stereocenters. The van der Waals surface area contributed by atoms with Gasteiger partial charge in [0.2, 0.25) is 0 Å². The van der Waals surface area contributed by atoms with E-state index < -0.39 is 18.6 Å². The molecule has 6 nitrogen and oxygen atoms in total. The Balaban J connectivity index is 1.95. The minimum atomic E-state index is -1.32. The van der Waals surface area contributed by atoms with E-state index in [1.165, 1.54) is 0 Å². The molecule has 0 amide bonds. The average molecular weight is 340 g/mol. The molecular weight excluding hydrogens is 307 g/mol. The SMILES string of the molecule is CC1(C)CCN(C[C@@H]2CC[C@@H](CCB(O)O)C[C@]2(N)C(=O)O)CC1. The maximum Gasteiger partial charge on any atom is 0.451 e. The molecule has 1 saturated carbocycles. The van der Waals surface area contributed by atoms with Crippen molar-refractivity contribution >= 4 is 13.1 Å². The first-order valence-corrected chi connectivity index (χ1v) is 9.23. The van der Waals surface area contributed by atoms with Crippen LogP contribution in [-0.4, -0.2) is 58.3 Å². The third kappa shape index (κ3) is 4.94. The number of carbonyl (C=O) groups is 1. The molecule has 138 valence electrons. The van der Waals surface area contributed by atoms with Crippen LogP contribution in [0.2, 0.25) is 6.32 Å². The molecule has 0 aromatic heterocycles. The molecule has 0 aromatic carbocycles. The first kappa shape index (κ1) is 19.7. The molecule has 0 radical (unpaired) electrons. The summed E-state index contributed by atoms with van der Waals surface area (Å²) in [4.78, 5) is 14.2. The second-order valence-corrected chi connectivity index (χ2v) is 8.71. The Kier molecular flexibility index (Phi) is 6.34. The minimum absolute atomic E-state index is 0.0356. The number of hydrogen-bond acceptors (Lipinski definition) is 5. The number of hydrogen-bond donors (Lipinski definition) is 4. The Bertz CT molecular complexity index is 436. The molecule has 2 fully saturated rings. The van der Waals surface area contributed by atoms with E-state index in [0.717, 1.165) is 45.3 Å². The summed E-state index contributed by atoms with van der Waals surface area (Å²) >= 11 is 0. The topological polar surface area (TPSA) is 107 Å². The van der Waals surface area contributed by atoms with Gasteiger partial charge in [-0.3, -0.25) is 4.79 Å². The van der Waals surface area contributed by atoms with Crippen molar-refractivity contribution in [2.75, 3.05) is 19.6 Å². The molecule has 1 saturated heterocycles. The van der Waals surface area contributed by atoms with E-state index in [2.05, 4.69) is 18.7 Å². The molecule has 24 heavy (non-hydrogen) atoms. The molecule has 1 aliphatic carbocycles. The number of aliphatic carboxylic acids is 1. The van der Waals surface area contributed by atoms with E-state index in [1.54, 1.807) is 0 Å². The first-order valence-electron chi connectivity index (χ1n) is 9.23. The Hall–Kier alpha value is -0.625. The van der Waals surface area contributed by atoms with Gasteiger partial charge in [-0.1, -0.05) is 20.3 Å². The minimum Gasteiger partial charge on any atom is -0.480 e. The fourth-order valence-electron chi connectivity index (χ4n) is 4.24. The highest BCUT2D eigenvalue weighted by molar-refractivity contribution is 6.40. The van der Waals surface area contributed by atoms with Crippen molar-refractivity contribution in [3.8, 4) is 0 Å². The van der Waals surface area contributed by atoms with Gasteiger partial charge in [-0.25, -0.2) is 0 Å². The van der Waals surface area contributed by atoms with Crippen LogP contribution in [0.1, 0.15) is 52.4 Å². The van der Waals surface area contributed by atoms with E-state index in [0.29, 0.717) is 18.3 Å². The van der Waals surface area contributed by atoms with Crippen molar-refractivity contribution in [3.63, 3.8) is 0 Å². The van der Waals surface area contributed by atoms with Crippen LogP contribution in [0.25, 0.3) is 0 Å². The number of nitrogens with two attached hydrogens (primary N) is 1. The summed E-state index contributed by atoms with van der Waals surface area (Å²) in [5.74, 6) is -0.796. The lowest BCUT2D eigenvalue weighted by Crippen LogP contribution is -2.60. The normalized spacial score (nSPS) is 34.0. The van der Waals surface area contributed by atoms with E-state index in [4.69, 9.17) is 15.8 Å². The van der Waals surface area contributed by atoms with Gasteiger partial charge >= 0.3 is 13.1 Å². The summed E-state index contributed by atoms with van der Waals surface area (Å²) in [6.07, 6.45) is 5.33. The summed E-state index contributed by atoms with van der Waals surface area (Å²) in [5.41, 5.74) is 5.54. The summed E-state index contributed by atoms with van der Waals surface area (Å²) in [5, 5.41) is 27.8. The van der Waals surface area contributed by atoms with Gasteiger partial charge in [-0.15, -0.1) is 0 Å². The predicted molar refractivity (Wildman–Crippen MR) is 94.5 cm³/mol. The first-order chi connectivity index (χ1) is 11.1. The maximum absolute atomic E-state index is 11.9. The highest BCUT2D eigenvalue weighted by Gasteiger charge is 2.47. The number of likely N-dealkylation sites (tertiary alicyclic amines) is 1. The molecule has 2 aliphatic rings. The highest BCUT2D eigenvalue weighted by atomic mass is 16.4. The van der Waals surface area contributed by atoms with Gasteiger partial charge < -0.3 is 25.8 Å². The number of nitrogens with zero attached hydrogens (tertiary/aromatic N) is 1. The van der Waals surface area contributed by atoms with Gasteiger partial charge in [0.25, 0.3) is 0 Å². The second-order valence-electron chi connectivity index (χ2n) is 8.71. The van der Waals surface area contributed by atoms with Crippen LogP contribution in [0.15, 0.2) is 0 Å². The van der Waals surface area contributed by atoms with E-state index in [-0.39, 0.29) is 18.2 Å². The summed E-state index contributed by atoms with van der Waals surface area (Å²) in [6, 6.07) is 0. The lowest BCUT2D eigenvalue weighted by molar-refractivity contribution is -0.148. The van der Waals surface area contributed by atoms with E-state index >= 15 is 0 Å². The standard InChI is InChI=1S/C17H33BN2O4/c1-16(2)6-9-20(10-7-16)12-14-4-3-13(5-8-18(23)24)11-17(14,19)15(21)22/h13-14,23-24H,3-12,19H2,1-2H3,(H,21,22)/t13-,14-,17+/m0/s1. The Morgan fingerprint density at radius 2 is 1.88 bits per heavy atom. The van der Waals surface area contributed by atoms with Crippen molar-refractivity contribution in [2.45, 2.75) is 64.2 Å². The second kappa shape index (κ2) is 7.73. The number of rotatable bonds is 6. The number of carboxylic acid groups (broad SMARTS) is 1. The third-order valence-corrected chi connectivity index (χ3v) is 6.20. The molecule has 7 heteroatoms. The van der Waals surface area contributed by atoms with Crippen LogP contribution in [-0.2, 0) is 4.79 Å². The average Bonchev–Trinajstić information content (AvgIpc) is 2.49. The fraction of sp³-hybridized carbons (Fsp3) is 0.941. The lowest BCUT2D eigenvalue weighted by Gasteiger charge is -2.45. The van der Waals surface area contributed by atoms with E-state index in [1.807, 2.05) is 0 Å². The molecule has 0 unspecified atom stereocenters. The third-order valence-electron chi connectivity index (χ3n) is 6.20. The van der Waals surface area contributed by atoms with Crippen LogP contribution < -0.4 is 5.73 Å². The van der Waals surface area contributed by atoms with Crippen molar-refractivity contribution in [1.29, 1.82) is 0 Å². The smallest absolute Gasteiger partial charge is 0.451 e. The van der Waals surface area contributed by atoms with Crippen molar-refractivity contribution in [3.05, 3.63) is 0 Å². The largest absolute Gasteiger partial charge is 0.480 e. The lowest BCUT2D eigenvalue weighted by atomic mass is 9.66. The van der Waals surface area contributed by atoms with Gasteiger partial charge in [-0.05, 0) is 62.8 Å². The van der Waals surface area contributed by atoms with Crippen molar-refractivity contribution in [2.24, 2.45) is 23.0 Å².